The number of esters is 1. The fourth-order valence-corrected chi connectivity index (χ4v) is 9.03. The predicted octanol–water partition coefficient (Wildman–Crippen LogP) is 5.83. The number of ether oxygens (including phenoxy) is 2. The van der Waals surface area contributed by atoms with Crippen molar-refractivity contribution in [1.82, 2.24) is 5.32 Å². The minimum absolute atomic E-state index is 0.203. The van der Waals surface area contributed by atoms with E-state index in [9.17, 15) is 9.59 Å². The van der Waals surface area contributed by atoms with E-state index in [0.717, 1.165) is 0 Å². The Bertz CT molecular complexity index is 594. The molecule has 0 fully saturated rings. The molecule has 0 aromatic carbocycles. The summed E-state index contributed by atoms with van der Waals surface area (Å²) >= 11 is 0. The van der Waals surface area contributed by atoms with Crippen LogP contribution in [-0.4, -0.2) is 37.4 Å². The lowest BCUT2D eigenvalue weighted by Gasteiger charge is -2.38. The van der Waals surface area contributed by atoms with Crippen molar-refractivity contribution >= 4 is 20.1 Å². The van der Waals surface area contributed by atoms with Crippen molar-refractivity contribution in [2.45, 2.75) is 123 Å². The summed E-state index contributed by atoms with van der Waals surface area (Å²) in [5.41, 5.74) is 3.78. The fraction of sp³-hybridized carbons (Fsp3) is 0.826. The van der Waals surface area contributed by atoms with Crippen molar-refractivity contribution < 1.29 is 19.1 Å². The third-order valence-corrected chi connectivity index (χ3v) is 11.2. The van der Waals surface area contributed by atoms with Crippen LogP contribution in [0.1, 0.15) is 89.5 Å². The molecular weight excluding hydrogens is 382 g/mol. The molecule has 0 spiro atoms. The van der Waals surface area contributed by atoms with Gasteiger partial charge in [-0.2, -0.15) is 0 Å². The monoisotopic (exact) mass is 425 g/mol. The van der Waals surface area contributed by atoms with Gasteiger partial charge in [0.15, 0.2) is 0 Å². The highest BCUT2D eigenvalue weighted by atomic mass is 28.3. The van der Waals surface area contributed by atoms with E-state index in [1.165, 1.54) is 0 Å². The molecule has 0 saturated heterocycles. The van der Waals surface area contributed by atoms with E-state index < -0.39 is 37.4 Å². The lowest BCUT2D eigenvalue weighted by Crippen LogP contribution is -2.46. The van der Waals surface area contributed by atoms with E-state index in [0.29, 0.717) is 16.6 Å². The molecule has 0 heterocycles. The Labute approximate surface area is 179 Å². The zero-order valence-electron chi connectivity index (χ0n) is 20.6. The molecule has 0 aliphatic carbocycles. The van der Waals surface area contributed by atoms with E-state index in [1.54, 1.807) is 41.5 Å². The Kier molecular flexibility index (Phi) is 9.98. The summed E-state index contributed by atoms with van der Waals surface area (Å²) in [6, 6.07) is -0.866. The largest absolute Gasteiger partial charge is 0.458 e. The molecule has 1 amide bonds. The topological polar surface area (TPSA) is 64.6 Å². The number of hydrogen-bond acceptors (Lipinski definition) is 4. The molecule has 1 atom stereocenters. The fourth-order valence-electron chi connectivity index (χ4n) is 3.76. The molecule has 0 bridgehead atoms. The Morgan fingerprint density at radius 1 is 0.828 bits per heavy atom. The summed E-state index contributed by atoms with van der Waals surface area (Å²) in [5, 5.41) is 2.65. The lowest BCUT2D eigenvalue weighted by atomic mass is 10.1. The van der Waals surface area contributed by atoms with Crippen LogP contribution in [0.4, 0.5) is 4.79 Å². The predicted molar refractivity (Wildman–Crippen MR) is 122 cm³/mol. The number of carbonyl (C=O) groups is 2. The zero-order chi connectivity index (χ0) is 23.2. The molecule has 0 rings (SSSR count). The number of carbonyl (C=O) groups excluding carboxylic acids is 2. The molecule has 1 unspecified atom stereocenters. The average molecular weight is 426 g/mol. The average Bonchev–Trinajstić information content (AvgIpc) is 2.45. The second-order valence-corrected chi connectivity index (χ2v) is 16.2. The molecule has 1 N–H and O–H groups in total. The van der Waals surface area contributed by atoms with E-state index in [4.69, 9.17) is 9.47 Å². The van der Waals surface area contributed by atoms with Crippen LogP contribution in [0.2, 0.25) is 16.6 Å². The maximum Gasteiger partial charge on any atom is 0.408 e. The van der Waals surface area contributed by atoms with Gasteiger partial charge in [0.25, 0.3) is 0 Å². The quantitative estimate of drug-likeness (QED) is 0.330. The lowest BCUT2D eigenvalue weighted by molar-refractivity contribution is -0.157. The minimum Gasteiger partial charge on any atom is -0.458 e. The van der Waals surface area contributed by atoms with Crippen LogP contribution in [0, 0.1) is 11.5 Å². The van der Waals surface area contributed by atoms with Gasteiger partial charge in [0.1, 0.15) is 25.3 Å². The third kappa shape index (κ3) is 9.25. The summed E-state index contributed by atoms with van der Waals surface area (Å²) < 4.78 is 10.8. The Morgan fingerprint density at radius 2 is 1.24 bits per heavy atom. The number of alkyl carbamates (subject to hydrolysis) is 1. The van der Waals surface area contributed by atoms with Gasteiger partial charge in [0.05, 0.1) is 0 Å². The van der Waals surface area contributed by atoms with E-state index in [-0.39, 0.29) is 6.42 Å². The van der Waals surface area contributed by atoms with Crippen molar-refractivity contribution in [3.63, 3.8) is 0 Å². The molecule has 6 heteroatoms. The smallest absolute Gasteiger partial charge is 0.408 e. The molecule has 0 aromatic heterocycles. The summed E-state index contributed by atoms with van der Waals surface area (Å²) in [6.45, 7) is 24.2. The first-order valence-electron chi connectivity index (χ1n) is 10.6. The van der Waals surface area contributed by atoms with Crippen molar-refractivity contribution in [2.24, 2.45) is 0 Å². The van der Waals surface area contributed by atoms with Crippen LogP contribution in [0.25, 0.3) is 0 Å². The van der Waals surface area contributed by atoms with Crippen molar-refractivity contribution in [3.8, 4) is 11.5 Å². The van der Waals surface area contributed by atoms with Gasteiger partial charge in [-0.1, -0.05) is 41.5 Å². The van der Waals surface area contributed by atoms with Crippen molar-refractivity contribution in [3.05, 3.63) is 0 Å². The molecule has 0 aromatic rings. The Morgan fingerprint density at radius 3 is 1.59 bits per heavy atom. The van der Waals surface area contributed by atoms with Gasteiger partial charge in [0.2, 0.25) is 0 Å². The van der Waals surface area contributed by atoms with Gasteiger partial charge in [-0.3, -0.25) is 0 Å². The SMILES string of the molecule is CC(C)[Si](C#CCC(NC(=O)OC(C)(C)C)C(=O)OC(C)(C)C)(C(C)C)C(C)C. The second-order valence-electron chi connectivity index (χ2n) is 10.6. The number of nitrogens with one attached hydrogen (secondary N) is 1. The van der Waals surface area contributed by atoms with Gasteiger partial charge in [-0.15, -0.1) is 11.5 Å². The molecule has 0 aliphatic rings. The molecule has 0 saturated carbocycles. The van der Waals surface area contributed by atoms with Gasteiger partial charge in [-0.25, -0.2) is 9.59 Å². The van der Waals surface area contributed by atoms with E-state index >= 15 is 0 Å². The van der Waals surface area contributed by atoms with Gasteiger partial charge >= 0.3 is 12.1 Å². The number of hydrogen-bond donors (Lipinski definition) is 1. The van der Waals surface area contributed by atoms with Crippen LogP contribution >= 0.6 is 0 Å². The summed E-state index contributed by atoms with van der Waals surface area (Å²) in [5.74, 6) is 2.75. The third-order valence-electron chi connectivity index (χ3n) is 4.86. The van der Waals surface area contributed by atoms with Crippen LogP contribution in [0.5, 0.6) is 0 Å². The molecule has 5 nitrogen and oxygen atoms in total. The summed E-state index contributed by atoms with van der Waals surface area (Å²) in [4.78, 5) is 24.9. The van der Waals surface area contributed by atoms with Crippen LogP contribution < -0.4 is 5.32 Å². The highest BCUT2D eigenvalue weighted by molar-refractivity contribution is 6.90. The summed E-state index contributed by atoms with van der Waals surface area (Å²) in [6.07, 6.45) is -0.440. The molecule has 0 radical (unpaired) electrons. The van der Waals surface area contributed by atoms with E-state index in [1.807, 2.05) is 0 Å². The van der Waals surface area contributed by atoms with E-state index in [2.05, 4.69) is 58.3 Å². The number of rotatable bonds is 6. The van der Waals surface area contributed by atoms with Gasteiger partial charge < -0.3 is 14.8 Å². The number of amides is 1. The minimum atomic E-state index is -1.91. The first-order chi connectivity index (χ1) is 12.9. The van der Waals surface area contributed by atoms with Crippen molar-refractivity contribution in [2.75, 3.05) is 0 Å². The first kappa shape index (κ1) is 27.5. The van der Waals surface area contributed by atoms with Gasteiger partial charge in [-0.05, 0) is 58.2 Å². The zero-order valence-corrected chi connectivity index (χ0v) is 21.6. The standard InChI is InChI=1S/C23H43NO4Si/c1-16(2)29(17(3)4,18(5)6)15-13-14-19(20(25)27-22(7,8)9)24-21(26)28-23(10,11)12/h16-19H,14H2,1-12H3,(H,24,26). The molecular formula is C23H43NO4Si. The molecule has 168 valence electrons. The Hall–Kier alpha value is -1.48. The normalized spacial score (nSPS) is 13.8. The van der Waals surface area contributed by atoms with Gasteiger partial charge in [0, 0.05) is 6.42 Å². The van der Waals surface area contributed by atoms with Crippen LogP contribution in [-0.2, 0) is 14.3 Å². The highest BCUT2D eigenvalue weighted by Crippen LogP contribution is 2.40. The van der Waals surface area contributed by atoms with Crippen molar-refractivity contribution in [1.29, 1.82) is 0 Å². The van der Waals surface area contributed by atoms with Crippen LogP contribution in [0.3, 0.4) is 0 Å². The molecule has 0 aliphatic heterocycles. The molecule has 29 heavy (non-hydrogen) atoms. The Balaban J connectivity index is 5.70. The maximum absolute atomic E-state index is 12.7. The van der Waals surface area contributed by atoms with Crippen LogP contribution in [0.15, 0.2) is 0 Å². The second kappa shape index (κ2) is 10.5. The summed E-state index contributed by atoms with van der Waals surface area (Å²) in [7, 11) is -1.91. The first-order valence-corrected chi connectivity index (χ1v) is 12.9. The maximum atomic E-state index is 12.7. The highest BCUT2D eigenvalue weighted by Gasteiger charge is 2.41.